The third-order valence-electron chi connectivity index (χ3n) is 3.55. The van der Waals surface area contributed by atoms with E-state index in [1.165, 1.54) is 13.8 Å². The molecule has 2 rings (SSSR count). The predicted octanol–water partition coefficient (Wildman–Crippen LogP) is 5.03. The molecule has 0 spiro atoms. The Morgan fingerprint density at radius 2 is 1.92 bits per heavy atom. The Labute approximate surface area is 146 Å². The van der Waals surface area contributed by atoms with Gasteiger partial charge in [-0.25, -0.2) is 0 Å². The lowest BCUT2D eigenvalue weighted by molar-refractivity contribution is -0.141. The third kappa shape index (κ3) is 3.67. The Hall–Kier alpha value is -1.73. The summed E-state index contributed by atoms with van der Waals surface area (Å²) in [6, 6.07) is 3.96. The number of aromatic nitrogens is 2. The van der Waals surface area contributed by atoms with Crippen molar-refractivity contribution in [2.45, 2.75) is 33.0 Å². The molecule has 1 atom stereocenters. The minimum Gasteiger partial charge on any atom is -0.324 e. The average molecular weight is 380 g/mol. The number of alkyl halides is 3. The number of aryl methyl sites for hydroxylation is 1. The van der Waals surface area contributed by atoms with Crippen LogP contribution in [-0.4, -0.2) is 15.7 Å². The van der Waals surface area contributed by atoms with Gasteiger partial charge in [0.15, 0.2) is 5.69 Å². The van der Waals surface area contributed by atoms with Crippen LogP contribution in [0.25, 0.3) is 0 Å². The van der Waals surface area contributed by atoms with Gasteiger partial charge in [-0.15, -0.1) is 0 Å². The Bertz CT molecular complexity index is 787. The van der Waals surface area contributed by atoms with Crippen molar-refractivity contribution in [1.82, 2.24) is 9.78 Å². The highest BCUT2D eigenvalue weighted by atomic mass is 35.5. The Morgan fingerprint density at radius 3 is 2.46 bits per heavy atom. The maximum Gasteiger partial charge on any atom is 0.436 e. The minimum absolute atomic E-state index is 0.0643. The molecule has 1 aromatic carbocycles. The number of carbonyl (C=O) groups excluding carboxylic acids is 1. The summed E-state index contributed by atoms with van der Waals surface area (Å²) in [5, 5.41) is 6.01. The fourth-order valence-corrected chi connectivity index (χ4v) is 2.54. The summed E-state index contributed by atoms with van der Waals surface area (Å²) >= 11 is 11.6. The van der Waals surface area contributed by atoms with Crippen molar-refractivity contribution in [3.05, 3.63) is 45.2 Å². The molecule has 130 valence electrons. The van der Waals surface area contributed by atoms with E-state index in [2.05, 4.69) is 10.4 Å². The maximum atomic E-state index is 12.9. The van der Waals surface area contributed by atoms with Crippen LogP contribution in [0.3, 0.4) is 0 Å². The Balaban J connectivity index is 2.30. The van der Waals surface area contributed by atoms with Crippen LogP contribution in [-0.2, 0) is 11.0 Å². The predicted molar refractivity (Wildman–Crippen MR) is 86.5 cm³/mol. The molecule has 2 aromatic rings. The number of nitrogens with one attached hydrogen (secondary N) is 1. The van der Waals surface area contributed by atoms with Gasteiger partial charge in [0.25, 0.3) is 0 Å². The molecule has 1 amide bonds. The molecular weight excluding hydrogens is 366 g/mol. The fraction of sp³-hybridized carbons (Fsp3) is 0.333. The molecule has 0 saturated carbocycles. The van der Waals surface area contributed by atoms with Crippen molar-refractivity contribution >= 4 is 34.8 Å². The molecule has 1 heterocycles. The van der Waals surface area contributed by atoms with Crippen LogP contribution in [0.1, 0.15) is 29.9 Å². The monoisotopic (exact) mass is 379 g/mol. The second kappa shape index (κ2) is 6.64. The topological polar surface area (TPSA) is 46.9 Å². The van der Waals surface area contributed by atoms with Gasteiger partial charge in [0.2, 0.25) is 5.91 Å². The number of carbonyl (C=O) groups is 1. The zero-order valence-corrected chi connectivity index (χ0v) is 14.5. The standard InChI is InChI=1S/C15H14Cl2F3N3O/c1-7-4-5-10(16)6-11(7)21-14(24)9(3)23-8(2)12(17)13(22-23)15(18,19)20/h4-6,9H,1-3H3,(H,21,24). The van der Waals surface area contributed by atoms with Gasteiger partial charge in [-0.3, -0.25) is 9.48 Å². The maximum absolute atomic E-state index is 12.9. The Kier molecular flexibility index (Phi) is 5.15. The highest BCUT2D eigenvalue weighted by molar-refractivity contribution is 6.32. The van der Waals surface area contributed by atoms with Crippen LogP contribution < -0.4 is 5.32 Å². The first-order valence-corrected chi connectivity index (χ1v) is 7.66. The fourth-order valence-electron chi connectivity index (χ4n) is 2.13. The summed E-state index contributed by atoms with van der Waals surface area (Å²) in [7, 11) is 0. The molecule has 1 unspecified atom stereocenters. The summed E-state index contributed by atoms with van der Waals surface area (Å²) < 4.78 is 39.6. The van der Waals surface area contributed by atoms with E-state index in [1.54, 1.807) is 25.1 Å². The zero-order chi connectivity index (χ0) is 18.2. The van der Waals surface area contributed by atoms with E-state index >= 15 is 0 Å². The van der Waals surface area contributed by atoms with Crippen LogP contribution in [0.4, 0.5) is 18.9 Å². The van der Waals surface area contributed by atoms with Crippen molar-refractivity contribution in [1.29, 1.82) is 0 Å². The molecular formula is C15H14Cl2F3N3O. The molecule has 9 heteroatoms. The number of hydrogen-bond acceptors (Lipinski definition) is 2. The number of benzene rings is 1. The van der Waals surface area contributed by atoms with Crippen molar-refractivity contribution < 1.29 is 18.0 Å². The van der Waals surface area contributed by atoms with E-state index in [4.69, 9.17) is 23.2 Å². The van der Waals surface area contributed by atoms with Crippen LogP contribution in [0.5, 0.6) is 0 Å². The molecule has 24 heavy (non-hydrogen) atoms. The highest BCUT2D eigenvalue weighted by Crippen LogP contribution is 2.36. The number of amides is 1. The normalized spacial score (nSPS) is 13.0. The van der Waals surface area contributed by atoms with E-state index in [9.17, 15) is 18.0 Å². The molecule has 0 fully saturated rings. The molecule has 0 aliphatic carbocycles. The molecule has 0 bridgehead atoms. The Morgan fingerprint density at radius 1 is 1.29 bits per heavy atom. The van der Waals surface area contributed by atoms with Gasteiger partial charge >= 0.3 is 6.18 Å². The minimum atomic E-state index is -4.69. The lowest BCUT2D eigenvalue weighted by Gasteiger charge is -2.16. The number of halogens is 5. The van der Waals surface area contributed by atoms with Crippen molar-refractivity contribution in [3.8, 4) is 0 Å². The number of anilines is 1. The summed E-state index contributed by atoms with van der Waals surface area (Å²) in [5.74, 6) is -0.531. The van der Waals surface area contributed by atoms with E-state index < -0.39 is 28.8 Å². The summed E-state index contributed by atoms with van der Waals surface area (Å²) in [5.41, 5.74) is 0.104. The van der Waals surface area contributed by atoms with Gasteiger partial charge in [0.05, 0.1) is 10.7 Å². The van der Waals surface area contributed by atoms with E-state index in [0.29, 0.717) is 10.7 Å². The average Bonchev–Trinajstić information content (AvgIpc) is 2.78. The number of nitrogens with zero attached hydrogens (tertiary/aromatic N) is 2. The quantitative estimate of drug-likeness (QED) is 0.813. The number of rotatable bonds is 3. The molecule has 1 N–H and O–H groups in total. The zero-order valence-electron chi connectivity index (χ0n) is 13.0. The first-order chi connectivity index (χ1) is 11.0. The van der Waals surface area contributed by atoms with Gasteiger partial charge in [0.1, 0.15) is 6.04 Å². The summed E-state index contributed by atoms with van der Waals surface area (Å²) in [6.45, 7) is 4.58. The molecule has 1 aromatic heterocycles. The van der Waals surface area contributed by atoms with Crippen LogP contribution in [0.2, 0.25) is 10.0 Å². The second-order valence-corrected chi connectivity index (χ2v) is 6.13. The van der Waals surface area contributed by atoms with Crippen molar-refractivity contribution in [2.24, 2.45) is 0 Å². The van der Waals surface area contributed by atoms with Crippen molar-refractivity contribution in [2.75, 3.05) is 5.32 Å². The largest absolute Gasteiger partial charge is 0.436 e. The third-order valence-corrected chi connectivity index (χ3v) is 4.24. The van der Waals surface area contributed by atoms with Crippen molar-refractivity contribution in [3.63, 3.8) is 0 Å². The molecule has 4 nitrogen and oxygen atoms in total. The van der Waals surface area contributed by atoms with Crippen LogP contribution >= 0.6 is 23.2 Å². The van der Waals surface area contributed by atoms with Gasteiger partial charge in [-0.05, 0) is 38.5 Å². The van der Waals surface area contributed by atoms with Crippen LogP contribution in [0, 0.1) is 13.8 Å². The first kappa shape index (κ1) is 18.6. The van der Waals surface area contributed by atoms with E-state index in [1.807, 2.05) is 0 Å². The molecule has 0 saturated heterocycles. The van der Waals surface area contributed by atoms with Gasteiger partial charge in [-0.2, -0.15) is 18.3 Å². The smallest absolute Gasteiger partial charge is 0.324 e. The first-order valence-electron chi connectivity index (χ1n) is 6.91. The highest BCUT2D eigenvalue weighted by Gasteiger charge is 2.39. The molecule has 0 aliphatic rings. The van der Waals surface area contributed by atoms with Gasteiger partial charge in [0, 0.05) is 10.7 Å². The lowest BCUT2D eigenvalue weighted by Crippen LogP contribution is -2.26. The summed E-state index contributed by atoms with van der Waals surface area (Å²) in [4.78, 5) is 12.4. The summed E-state index contributed by atoms with van der Waals surface area (Å²) in [6.07, 6.45) is -4.69. The number of hydrogen-bond donors (Lipinski definition) is 1. The van der Waals surface area contributed by atoms with Gasteiger partial charge < -0.3 is 5.32 Å². The SMILES string of the molecule is Cc1ccc(Cl)cc1NC(=O)C(C)n1nc(C(F)(F)F)c(Cl)c1C. The van der Waals surface area contributed by atoms with Gasteiger partial charge in [-0.1, -0.05) is 29.3 Å². The molecule has 0 radical (unpaired) electrons. The lowest BCUT2D eigenvalue weighted by atomic mass is 10.2. The molecule has 0 aliphatic heterocycles. The van der Waals surface area contributed by atoms with Crippen LogP contribution in [0.15, 0.2) is 18.2 Å². The van der Waals surface area contributed by atoms with E-state index in [-0.39, 0.29) is 5.69 Å². The second-order valence-electron chi connectivity index (χ2n) is 5.31. The van der Waals surface area contributed by atoms with E-state index in [0.717, 1.165) is 10.2 Å².